The smallest absolute Gasteiger partial charge is 0.153 e. The lowest BCUT2D eigenvalue weighted by Crippen LogP contribution is -2.01. The summed E-state index contributed by atoms with van der Waals surface area (Å²) in [6.45, 7) is 1.93. The highest BCUT2D eigenvalue weighted by atomic mass is 79.9. The molecule has 0 heterocycles. The number of carbonyl (C=O) groups excluding carboxylic acids is 1. The van der Waals surface area contributed by atoms with Gasteiger partial charge < -0.3 is 4.74 Å². The average molecular weight is 358 g/mol. The van der Waals surface area contributed by atoms with Gasteiger partial charge in [-0.3, -0.25) is 4.79 Å². The van der Waals surface area contributed by atoms with Crippen molar-refractivity contribution in [2.24, 2.45) is 0 Å². The van der Waals surface area contributed by atoms with E-state index in [1.165, 1.54) is 6.07 Å². The van der Waals surface area contributed by atoms with E-state index in [0.717, 1.165) is 16.3 Å². The molecule has 0 aliphatic rings. The van der Waals surface area contributed by atoms with Gasteiger partial charge in [-0.2, -0.15) is 0 Å². The molecule has 20 heavy (non-hydrogen) atoms. The first-order valence-electron chi connectivity index (χ1n) is 5.84. The van der Waals surface area contributed by atoms with Gasteiger partial charge in [0.2, 0.25) is 0 Å². The minimum absolute atomic E-state index is 0.0370. The molecule has 104 valence electrons. The Morgan fingerprint density at radius 2 is 2.15 bits per heavy atom. The van der Waals surface area contributed by atoms with E-state index in [1.54, 1.807) is 18.2 Å². The third kappa shape index (κ3) is 3.19. The van der Waals surface area contributed by atoms with Crippen LogP contribution in [0.1, 0.15) is 21.5 Å². The van der Waals surface area contributed by atoms with Crippen molar-refractivity contribution in [3.05, 3.63) is 62.3 Å². The van der Waals surface area contributed by atoms with Crippen LogP contribution in [0.25, 0.3) is 0 Å². The lowest BCUT2D eigenvalue weighted by molar-refractivity contribution is 0.111. The maximum atomic E-state index is 13.3. The third-order valence-corrected chi connectivity index (χ3v) is 3.68. The Morgan fingerprint density at radius 1 is 1.40 bits per heavy atom. The summed E-state index contributed by atoms with van der Waals surface area (Å²) in [4.78, 5) is 11.1. The molecule has 0 aliphatic carbocycles. The van der Waals surface area contributed by atoms with E-state index in [4.69, 9.17) is 16.3 Å². The molecule has 2 nitrogen and oxygen atoms in total. The number of aryl methyl sites for hydroxylation is 1. The van der Waals surface area contributed by atoms with Crippen LogP contribution in [0.4, 0.5) is 4.39 Å². The van der Waals surface area contributed by atoms with Gasteiger partial charge in [-0.05, 0) is 30.7 Å². The van der Waals surface area contributed by atoms with Crippen LogP contribution in [-0.2, 0) is 6.61 Å². The highest BCUT2D eigenvalue weighted by Gasteiger charge is 2.11. The molecule has 0 spiro atoms. The van der Waals surface area contributed by atoms with E-state index in [1.807, 2.05) is 13.0 Å². The molecule has 0 aromatic heterocycles. The summed E-state index contributed by atoms with van der Waals surface area (Å²) in [5.41, 5.74) is 1.78. The maximum absolute atomic E-state index is 13.3. The number of ether oxygens (including phenoxy) is 1. The summed E-state index contributed by atoms with van der Waals surface area (Å²) in [5.74, 6) is -0.0144. The Labute approximate surface area is 129 Å². The molecule has 0 saturated heterocycles. The van der Waals surface area contributed by atoms with Gasteiger partial charge in [0.1, 0.15) is 18.2 Å². The Balaban J connectivity index is 2.27. The van der Waals surface area contributed by atoms with Crippen LogP contribution >= 0.6 is 27.5 Å². The number of hydrogen-bond donors (Lipinski definition) is 0. The van der Waals surface area contributed by atoms with Crippen LogP contribution < -0.4 is 4.74 Å². The van der Waals surface area contributed by atoms with E-state index in [0.29, 0.717) is 16.9 Å². The van der Waals surface area contributed by atoms with Gasteiger partial charge >= 0.3 is 0 Å². The number of benzene rings is 2. The number of aldehydes is 1. The number of rotatable bonds is 4. The second-order valence-electron chi connectivity index (χ2n) is 4.26. The monoisotopic (exact) mass is 356 g/mol. The zero-order valence-corrected chi connectivity index (χ0v) is 13.0. The molecule has 0 N–H and O–H groups in total. The summed E-state index contributed by atoms with van der Waals surface area (Å²) in [6.07, 6.45) is 0.722. The molecular weight excluding hydrogens is 347 g/mol. The predicted octanol–water partition coefficient (Wildman–Crippen LogP) is 4.94. The fourth-order valence-electron chi connectivity index (χ4n) is 1.85. The largest absolute Gasteiger partial charge is 0.488 e. The molecule has 0 radical (unpaired) electrons. The van der Waals surface area contributed by atoms with Gasteiger partial charge in [0.25, 0.3) is 0 Å². The Kier molecular flexibility index (Phi) is 4.78. The van der Waals surface area contributed by atoms with Crippen LogP contribution in [0.5, 0.6) is 5.75 Å². The van der Waals surface area contributed by atoms with E-state index in [-0.39, 0.29) is 11.6 Å². The van der Waals surface area contributed by atoms with Crippen LogP contribution in [0.2, 0.25) is 5.02 Å². The van der Waals surface area contributed by atoms with E-state index in [2.05, 4.69) is 15.9 Å². The number of halogens is 3. The lowest BCUT2D eigenvalue weighted by atomic mass is 10.1. The van der Waals surface area contributed by atoms with E-state index < -0.39 is 5.82 Å². The van der Waals surface area contributed by atoms with Gasteiger partial charge in [-0.25, -0.2) is 4.39 Å². The molecule has 0 fully saturated rings. The van der Waals surface area contributed by atoms with Crippen LogP contribution in [0.3, 0.4) is 0 Å². The molecule has 0 amide bonds. The average Bonchev–Trinajstić information content (AvgIpc) is 2.41. The predicted molar refractivity (Wildman–Crippen MR) is 80.0 cm³/mol. The van der Waals surface area contributed by atoms with Crippen molar-refractivity contribution in [3.8, 4) is 5.75 Å². The molecular formula is C15H11BrClFO2. The first-order chi connectivity index (χ1) is 9.52. The summed E-state index contributed by atoms with van der Waals surface area (Å²) < 4.78 is 19.8. The number of hydrogen-bond acceptors (Lipinski definition) is 2. The molecule has 2 aromatic carbocycles. The quantitative estimate of drug-likeness (QED) is 0.724. The summed E-state index contributed by atoms with van der Waals surface area (Å²) >= 11 is 9.19. The molecule has 0 saturated carbocycles. The molecule has 5 heteroatoms. The Bertz CT molecular complexity index is 659. The second-order valence-corrected chi connectivity index (χ2v) is 5.55. The maximum Gasteiger partial charge on any atom is 0.153 e. The first kappa shape index (κ1) is 15.0. The minimum atomic E-state index is -0.490. The van der Waals surface area contributed by atoms with Gasteiger partial charge in [0.05, 0.1) is 10.6 Å². The molecule has 0 bridgehead atoms. The van der Waals surface area contributed by atoms with E-state index in [9.17, 15) is 9.18 Å². The fourth-order valence-corrected chi connectivity index (χ4v) is 2.62. The van der Waals surface area contributed by atoms with Crippen molar-refractivity contribution in [3.63, 3.8) is 0 Å². The summed E-state index contributed by atoms with van der Waals surface area (Å²) in [7, 11) is 0. The lowest BCUT2D eigenvalue weighted by Gasteiger charge is -2.13. The Morgan fingerprint density at radius 3 is 2.85 bits per heavy atom. The van der Waals surface area contributed by atoms with Crippen LogP contribution in [0, 0.1) is 12.7 Å². The third-order valence-electron chi connectivity index (χ3n) is 2.80. The zero-order valence-electron chi connectivity index (χ0n) is 10.6. The van der Waals surface area contributed by atoms with Gasteiger partial charge in [-0.1, -0.05) is 39.7 Å². The van der Waals surface area contributed by atoms with Crippen molar-refractivity contribution in [2.45, 2.75) is 13.5 Å². The minimum Gasteiger partial charge on any atom is -0.488 e. The van der Waals surface area contributed by atoms with Crippen molar-refractivity contribution in [2.75, 3.05) is 0 Å². The van der Waals surface area contributed by atoms with Crippen molar-refractivity contribution in [1.82, 2.24) is 0 Å². The fraction of sp³-hybridized carbons (Fsp3) is 0.133. The highest BCUT2D eigenvalue weighted by Crippen LogP contribution is 2.29. The number of carbonyl (C=O) groups is 1. The van der Waals surface area contributed by atoms with Crippen LogP contribution in [-0.4, -0.2) is 6.29 Å². The molecule has 0 atom stereocenters. The Hall–Kier alpha value is -1.39. The van der Waals surface area contributed by atoms with Crippen molar-refractivity contribution >= 4 is 33.8 Å². The topological polar surface area (TPSA) is 26.3 Å². The van der Waals surface area contributed by atoms with Crippen molar-refractivity contribution in [1.29, 1.82) is 0 Å². The first-order valence-corrected chi connectivity index (χ1v) is 7.01. The van der Waals surface area contributed by atoms with Crippen molar-refractivity contribution < 1.29 is 13.9 Å². The highest BCUT2D eigenvalue weighted by molar-refractivity contribution is 9.10. The zero-order chi connectivity index (χ0) is 14.7. The molecule has 2 rings (SSSR count). The summed E-state index contributed by atoms with van der Waals surface area (Å²) in [6, 6.07) is 8.04. The second kappa shape index (κ2) is 6.37. The van der Waals surface area contributed by atoms with Gasteiger partial charge in [0, 0.05) is 10.0 Å². The normalized spacial score (nSPS) is 10.4. The summed E-state index contributed by atoms with van der Waals surface area (Å²) in [5, 5.41) is 0.0370. The van der Waals surface area contributed by atoms with Gasteiger partial charge in [-0.15, -0.1) is 0 Å². The van der Waals surface area contributed by atoms with Crippen LogP contribution in [0.15, 0.2) is 34.8 Å². The SMILES string of the molecule is Cc1cc(Br)cc(C=O)c1OCc1cccc(F)c1Cl. The molecule has 0 aliphatic heterocycles. The standard InChI is InChI=1S/C15H11BrClFO2/c1-9-5-12(16)6-11(7-19)15(9)20-8-10-3-2-4-13(18)14(10)17/h2-7H,8H2,1H3. The molecule has 0 unspecified atom stereocenters. The van der Waals surface area contributed by atoms with E-state index >= 15 is 0 Å². The molecule has 2 aromatic rings. The van der Waals surface area contributed by atoms with Gasteiger partial charge in [0.15, 0.2) is 6.29 Å².